The molecule has 1 aromatic rings. The van der Waals surface area contributed by atoms with Crippen molar-refractivity contribution < 1.29 is 21.6 Å². The minimum atomic E-state index is -4.54. The van der Waals surface area contributed by atoms with Crippen molar-refractivity contribution in [3.63, 3.8) is 0 Å². The molecule has 1 aromatic carbocycles. The van der Waals surface area contributed by atoms with E-state index in [1.165, 1.54) is 12.1 Å². The van der Waals surface area contributed by atoms with Crippen LogP contribution in [0.5, 0.6) is 0 Å². The summed E-state index contributed by atoms with van der Waals surface area (Å²) in [5, 5.41) is 8.21. The molecule has 4 nitrogen and oxygen atoms in total. The number of sulfonamides is 1. The Hall–Kier alpha value is -1.75. The first-order chi connectivity index (χ1) is 7.74. The van der Waals surface area contributed by atoms with E-state index >= 15 is 0 Å². The molecule has 0 fully saturated rings. The fourth-order valence-electron chi connectivity index (χ4n) is 1.06. The molecule has 1 rings (SSSR count). The number of hydrogen-bond donors (Lipinski definition) is 1. The van der Waals surface area contributed by atoms with Crippen LogP contribution in [0.1, 0.15) is 5.56 Å². The van der Waals surface area contributed by atoms with Crippen LogP contribution in [0.3, 0.4) is 0 Å². The van der Waals surface area contributed by atoms with Crippen LogP contribution in [-0.2, 0) is 16.2 Å². The average Bonchev–Trinajstić information content (AvgIpc) is 2.15. The normalized spacial score (nSPS) is 11.9. The smallest absolute Gasteiger partial charge is 0.283 e. The zero-order valence-electron chi connectivity index (χ0n) is 8.32. The van der Waals surface area contributed by atoms with Gasteiger partial charge in [0.1, 0.15) is 0 Å². The summed E-state index contributed by atoms with van der Waals surface area (Å²) < 4.78 is 61.1. The number of nitrogens with one attached hydrogen (secondary N) is 1. The van der Waals surface area contributed by atoms with Crippen molar-refractivity contribution in [3.8, 4) is 6.07 Å². The maximum absolute atomic E-state index is 12.3. The van der Waals surface area contributed by atoms with Gasteiger partial charge in [0.15, 0.2) is 5.75 Å². The van der Waals surface area contributed by atoms with Crippen LogP contribution in [0.4, 0.5) is 18.9 Å². The van der Waals surface area contributed by atoms with E-state index in [1.807, 2.05) is 4.72 Å². The summed E-state index contributed by atoms with van der Waals surface area (Å²) in [4.78, 5) is 0. The Balaban J connectivity index is 2.99. The summed E-state index contributed by atoms with van der Waals surface area (Å²) in [5.74, 6) is -0.816. The van der Waals surface area contributed by atoms with E-state index < -0.39 is 27.5 Å². The van der Waals surface area contributed by atoms with Crippen molar-refractivity contribution >= 4 is 15.7 Å². The minimum Gasteiger partial charge on any atom is -0.283 e. The summed E-state index contributed by atoms with van der Waals surface area (Å²) >= 11 is 0. The van der Waals surface area contributed by atoms with Gasteiger partial charge in [0.05, 0.1) is 11.6 Å². The molecule has 0 heterocycles. The molecule has 0 amide bonds. The van der Waals surface area contributed by atoms with Crippen LogP contribution in [0.15, 0.2) is 24.3 Å². The Labute approximate surface area is 95.7 Å². The highest BCUT2D eigenvalue weighted by atomic mass is 32.2. The Kier molecular flexibility index (Phi) is 3.63. The van der Waals surface area contributed by atoms with Crippen molar-refractivity contribution in [3.05, 3.63) is 29.8 Å². The van der Waals surface area contributed by atoms with E-state index in [0.29, 0.717) is 6.07 Å². The first kappa shape index (κ1) is 13.3. The van der Waals surface area contributed by atoms with E-state index in [1.54, 1.807) is 0 Å². The van der Waals surface area contributed by atoms with Gasteiger partial charge in [0.25, 0.3) is 0 Å². The lowest BCUT2D eigenvalue weighted by Crippen LogP contribution is -2.16. The summed E-state index contributed by atoms with van der Waals surface area (Å²) in [5.41, 5.74) is -1.19. The fraction of sp³-hybridized carbons (Fsp3) is 0.222. The summed E-state index contributed by atoms with van der Waals surface area (Å²) in [6.45, 7) is 0. The van der Waals surface area contributed by atoms with Gasteiger partial charge in [-0.1, -0.05) is 6.07 Å². The molecule has 17 heavy (non-hydrogen) atoms. The van der Waals surface area contributed by atoms with Crippen molar-refractivity contribution in [1.82, 2.24) is 0 Å². The zero-order valence-corrected chi connectivity index (χ0v) is 9.14. The molecule has 0 aromatic heterocycles. The van der Waals surface area contributed by atoms with Crippen molar-refractivity contribution in [2.45, 2.75) is 6.18 Å². The van der Waals surface area contributed by atoms with Crippen LogP contribution < -0.4 is 4.72 Å². The van der Waals surface area contributed by atoms with Crippen LogP contribution in [0, 0.1) is 11.3 Å². The lowest BCUT2D eigenvalue weighted by molar-refractivity contribution is -0.137. The molecule has 0 saturated carbocycles. The van der Waals surface area contributed by atoms with Gasteiger partial charge >= 0.3 is 6.18 Å². The Morgan fingerprint density at radius 1 is 1.35 bits per heavy atom. The van der Waals surface area contributed by atoms with Gasteiger partial charge in [-0.2, -0.15) is 18.4 Å². The fourth-order valence-corrected chi connectivity index (χ4v) is 1.79. The second kappa shape index (κ2) is 4.63. The van der Waals surface area contributed by atoms with Gasteiger partial charge in [-0.3, -0.25) is 4.72 Å². The SMILES string of the molecule is N#CCS(=O)(=O)Nc1cccc(C(F)(F)F)c1. The largest absolute Gasteiger partial charge is 0.416 e. The van der Waals surface area contributed by atoms with Gasteiger partial charge < -0.3 is 0 Å². The Morgan fingerprint density at radius 3 is 2.53 bits per heavy atom. The van der Waals surface area contributed by atoms with Gasteiger partial charge in [-0.05, 0) is 18.2 Å². The molecule has 0 saturated heterocycles. The number of nitrogens with zero attached hydrogens (tertiary/aromatic N) is 1. The highest BCUT2D eigenvalue weighted by Gasteiger charge is 2.30. The van der Waals surface area contributed by atoms with E-state index in [9.17, 15) is 21.6 Å². The van der Waals surface area contributed by atoms with Gasteiger partial charge in [-0.25, -0.2) is 8.42 Å². The van der Waals surface area contributed by atoms with Crippen molar-refractivity contribution in [2.75, 3.05) is 10.5 Å². The number of anilines is 1. The molecule has 1 N–H and O–H groups in total. The molecule has 0 aliphatic heterocycles. The molecule has 0 spiro atoms. The van der Waals surface area contributed by atoms with Gasteiger partial charge in [-0.15, -0.1) is 0 Å². The third kappa shape index (κ3) is 3.96. The molecule has 0 bridgehead atoms. The van der Waals surface area contributed by atoms with E-state index in [2.05, 4.69) is 0 Å². The predicted octanol–water partition coefficient (Wildman–Crippen LogP) is 1.97. The monoisotopic (exact) mass is 264 g/mol. The highest BCUT2D eigenvalue weighted by Crippen LogP contribution is 2.30. The predicted molar refractivity (Wildman–Crippen MR) is 54.5 cm³/mol. The number of halogens is 3. The molecular weight excluding hydrogens is 257 g/mol. The standard InChI is InChI=1S/C9H7F3N2O2S/c10-9(11,12)7-2-1-3-8(6-7)14-17(15,16)5-4-13/h1-3,6,14H,5H2. The third-order valence-electron chi connectivity index (χ3n) is 1.72. The average molecular weight is 264 g/mol. The Morgan fingerprint density at radius 2 is 2.00 bits per heavy atom. The second-order valence-corrected chi connectivity index (χ2v) is 4.82. The van der Waals surface area contributed by atoms with Crippen LogP contribution >= 0.6 is 0 Å². The first-order valence-corrected chi connectivity index (χ1v) is 5.94. The molecule has 0 aliphatic carbocycles. The molecular formula is C9H7F3N2O2S. The van der Waals surface area contributed by atoms with Crippen LogP contribution in [0.25, 0.3) is 0 Å². The molecule has 0 aliphatic rings. The maximum atomic E-state index is 12.3. The summed E-state index contributed by atoms with van der Waals surface area (Å²) in [6, 6.07) is 5.13. The topological polar surface area (TPSA) is 70.0 Å². The molecule has 0 unspecified atom stereocenters. The van der Waals surface area contributed by atoms with E-state index in [0.717, 1.165) is 12.1 Å². The van der Waals surface area contributed by atoms with Crippen LogP contribution in [0.2, 0.25) is 0 Å². The Bertz CT molecular complexity index is 546. The number of nitriles is 1. The first-order valence-electron chi connectivity index (χ1n) is 4.29. The van der Waals surface area contributed by atoms with Crippen molar-refractivity contribution in [2.24, 2.45) is 0 Å². The molecule has 8 heteroatoms. The number of hydrogen-bond acceptors (Lipinski definition) is 3. The maximum Gasteiger partial charge on any atom is 0.416 e. The van der Waals surface area contributed by atoms with Crippen LogP contribution in [-0.4, -0.2) is 14.2 Å². The highest BCUT2D eigenvalue weighted by molar-refractivity contribution is 7.92. The summed E-state index contributed by atoms with van der Waals surface area (Å²) in [7, 11) is -3.93. The molecule has 0 atom stereocenters. The number of alkyl halides is 3. The summed E-state index contributed by atoms with van der Waals surface area (Å²) in [6.07, 6.45) is -4.54. The molecule has 0 radical (unpaired) electrons. The third-order valence-corrected chi connectivity index (χ3v) is 2.77. The minimum absolute atomic E-state index is 0.227. The van der Waals surface area contributed by atoms with E-state index in [-0.39, 0.29) is 5.69 Å². The lowest BCUT2D eigenvalue weighted by Gasteiger charge is -2.09. The second-order valence-electron chi connectivity index (χ2n) is 3.10. The van der Waals surface area contributed by atoms with E-state index in [4.69, 9.17) is 5.26 Å². The zero-order chi connectivity index (χ0) is 13.1. The number of rotatable bonds is 3. The van der Waals surface area contributed by atoms with Gasteiger partial charge in [0.2, 0.25) is 10.0 Å². The quantitative estimate of drug-likeness (QED) is 0.907. The lowest BCUT2D eigenvalue weighted by atomic mass is 10.2. The number of benzene rings is 1. The molecule has 92 valence electrons. The van der Waals surface area contributed by atoms with Crippen molar-refractivity contribution in [1.29, 1.82) is 5.26 Å². The van der Waals surface area contributed by atoms with Gasteiger partial charge in [0, 0.05) is 5.69 Å².